The van der Waals surface area contributed by atoms with Crippen molar-refractivity contribution >= 4 is 17.4 Å². The third-order valence-electron chi connectivity index (χ3n) is 6.75. The summed E-state index contributed by atoms with van der Waals surface area (Å²) in [6, 6.07) is 8.63. The summed E-state index contributed by atoms with van der Waals surface area (Å²) in [5.41, 5.74) is 6.91. The third-order valence-corrected chi connectivity index (χ3v) is 6.75. The van der Waals surface area contributed by atoms with Gasteiger partial charge in [0.05, 0.1) is 5.69 Å². The van der Waals surface area contributed by atoms with Gasteiger partial charge in [0, 0.05) is 19.0 Å². The fourth-order valence-corrected chi connectivity index (χ4v) is 4.33. The Hall–Kier alpha value is -4.01. The van der Waals surface area contributed by atoms with Gasteiger partial charge >= 0.3 is 5.69 Å². The zero-order valence-electron chi connectivity index (χ0n) is 19.9. The summed E-state index contributed by atoms with van der Waals surface area (Å²) in [5, 5.41) is 13.0. The van der Waals surface area contributed by atoms with Gasteiger partial charge in [0.15, 0.2) is 5.60 Å². The van der Waals surface area contributed by atoms with Crippen molar-refractivity contribution in [3.8, 4) is 17.2 Å². The van der Waals surface area contributed by atoms with Crippen LogP contribution in [0.5, 0.6) is 11.5 Å². The number of ether oxygens (including phenoxy) is 1. The lowest BCUT2D eigenvalue weighted by molar-refractivity contribution is -0.131. The maximum absolute atomic E-state index is 13.4. The average Bonchev–Trinajstić information content (AvgIpc) is 2.83. The fraction of sp³-hybridized carbons (Fsp3) is 0.320. The molecule has 1 aliphatic rings. The number of para-hydroxylation sites is 1. The SMILES string of the molecule is Cc1c(C)c2c(c(C)c1O)CC[C@](C)(C(=O)Nc1c(N)n(-c3ccccc3)c(=O)n(C)c1=O)O2. The van der Waals surface area contributed by atoms with Gasteiger partial charge in [0.25, 0.3) is 11.5 Å². The van der Waals surface area contributed by atoms with Crippen molar-refractivity contribution in [3.63, 3.8) is 0 Å². The lowest BCUT2D eigenvalue weighted by atomic mass is 9.86. The highest BCUT2D eigenvalue weighted by Gasteiger charge is 2.41. The molecule has 9 nitrogen and oxygen atoms in total. The van der Waals surface area contributed by atoms with Crippen LogP contribution in [0.1, 0.15) is 35.6 Å². The number of fused-ring (bicyclic) bond motifs is 1. The molecule has 0 bridgehead atoms. The summed E-state index contributed by atoms with van der Waals surface area (Å²) in [6.45, 7) is 7.10. The Labute approximate surface area is 196 Å². The van der Waals surface area contributed by atoms with Crippen LogP contribution in [0.3, 0.4) is 0 Å². The summed E-state index contributed by atoms with van der Waals surface area (Å²) < 4.78 is 8.29. The minimum atomic E-state index is -1.29. The van der Waals surface area contributed by atoms with Gasteiger partial charge in [-0.3, -0.25) is 14.2 Å². The van der Waals surface area contributed by atoms with E-state index in [1.54, 1.807) is 44.2 Å². The number of carbonyl (C=O) groups excluding carboxylic acids is 1. The topological polar surface area (TPSA) is 129 Å². The van der Waals surface area contributed by atoms with Crippen LogP contribution in [0.2, 0.25) is 0 Å². The lowest BCUT2D eigenvalue weighted by Crippen LogP contribution is -2.50. The molecule has 34 heavy (non-hydrogen) atoms. The molecular weight excluding hydrogens is 436 g/mol. The van der Waals surface area contributed by atoms with Gasteiger partial charge < -0.3 is 20.9 Å². The van der Waals surface area contributed by atoms with E-state index in [1.165, 1.54) is 11.6 Å². The van der Waals surface area contributed by atoms with Gasteiger partial charge in [0.2, 0.25) is 0 Å². The number of hydrogen-bond acceptors (Lipinski definition) is 6. The van der Waals surface area contributed by atoms with Crippen molar-refractivity contribution in [1.82, 2.24) is 9.13 Å². The van der Waals surface area contributed by atoms with Gasteiger partial charge in [-0.2, -0.15) is 0 Å². The first-order valence-electron chi connectivity index (χ1n) is 11.0. The summed E-state index contributed by atoms with van der Waals surface area (Å²) in [5.74, 6) is 0.0717. The number of aromatic nitrogens is 2. The summed E-state index contributed by atoms with van der Waals surface area (Å²) in [6.07, 6.45) is 0.837. The largest absolute Gasteiger partial charge is 0.507 e. The second-order valence-corrected chi connectivity index (χ2v) is 8.90. The molecule has 4 rings (SSSR count). The zero-order chi connectivity index (χ0) is 24.9. The molecule has 0 saturated carbocycles. The number of phenols is 1. The van der Waals surface area contributed by atoms with E-state index in [0.717, 1.165) is 21.3 Å². The summed E-state index contributed by atoms with van der Waals surface area (Å²) in [4.78, 5) is 39.1. The van der Waals surface area contributed by atoms with E-state index < -0.39 is 22.8 Å². The smallest absolute Gasteiger partial charge is 0.337 e. The molecule has 1 aliphatic heterocycles. The molecule has 0 spiro atoms. The predicted molar refractivity (Wildman–Crippen MR) is 130 cm³/mol. The van der Waals surface area contributed by atoms with Gasteiger partial charge in [0.1, 0.15) is 23.0 Å². The van der Waals surface area contributed by atoms with Gasteiger partial charge in [-0.1, -0.05) is 18.2 Å². The first-order valence-corrected chi connectivity index (χ1v) is 11.0. The van der Waals surface area contributed by atoms with Crippen LogP contribution in [-0.2, 0) is 18.3 Å². The van der Waals surface area contributed by atoms with E-state index in [2.05, 4.69) is 5.32 Å². The first kappa shape index (κ1) is 23.2. The molecule has 3 aromatic rings. The number of hydrogen-bond donors (Lipinski definition) is 3. The van der Waals surface area contributed by atoms with Crippen LogP contribution in [0.4, 0.5) is 11.5 Å². The molecule has 1 atom stereocenters. The van der Waals surface area contributed by atoms with E-state index in [9.17, 15) is 19.5 Å². The molecule has 9 heteroatoms. The second-order valence-electron chi connectivity index (χ2n) is 8.90. The quantitative estimate of drug-likeness (QED) is 0.546. The van der Waals surface area contributed by atoms with E-state index in [-0.39, 0.29) is 17.3 Å². The third kappa shape index (κ3) is 3.44. The van der Waals surface area contributed by atoms with Crippen molar-refractivity contribution < 1.29 is 14.6 Å². The van der Waals surface area contributed by atoms with E-state index >= 15 is 0 Å². The van der Waals surface area contributed by atoms with Crippen LogP contribution in [0.25, 0.3) is 5.69 Å². The molecule has 2 heterocycles. The van der Waals surface area contributed by atoms with E-state index in [4.69, 9.17) is 10.5 Å². The van der Waals surface area contributed by atoms with Crippen molar-refractivity contribution in [1.29, 1.82) is 0 Å². The van der Waals surface area contributed by atoms with Gasteiger partial charge in [-0.05, 0) is 62.9 Å². The normalized spacial score (nSPS) is 17.1. The Morgan fingerprint density at radius 1 is 1.12 bits per heavy atom. The minimum absolute atomic E-state index is 0.166. The monoisotopic (exact) mass is 464 g/mol. The molecule has 1 amide bonds. The lowest BCUT2D eigenvalue weighted by Gasteiger charge is -2.36. The molecule has 178 valence electrons. The van der Waals surface area contributed by atoms with Crippen LogP contribution in [0.15, 0.2) is 39.9 Å². The highest BCUT2D eigenvalue weighted by atomic mass is 16.5. The molecule has 1 aromatic heterocycles. The standard InChI is InChI=1S/C25H28N4O5/c1-13-14(2)20-17(15(3)19(13)30)11-12-25(4,34-20)23(32)27-18-21(26)29(16-9-7-6-8-10-16)24(33)28(5)22(18)31/h6-10,30H,11-12,26H2,1-5H3,(H,27,32)/t25-/m1/s1. The molecule has 0 saturated heterocycles. The number of rotatable bonds is 3. The minimum Gasteiger partial charge on any atom is -0.507 e. The number of anilines is 2. The Morgan fingerprint density at radius 3 is 2.41 bits per heavy atom. The van der Waals surface area contributed by atoms with Gasteiger partial charge in [-0.15, -0.1) is 0 Å². The fourth-order valence-electron chi connectivity index (χ4n) is 4.33. The van der Waals surface area contributed by atoms with Crippen molar-refractivity contribution in [3.05, 3.63) is 73.4 Å². The Balaban J connectivity index is 1.75. The van der Waals surface area contributed by atoms with E-state index in [1.807, 2.05) is 13.8 Å². The van der Waals surface area contributed by atoms with Crippen molar-refractivity contribution in [2.75, 3.05) is 11.1 Å². The van der Waals surface area contributed by atoms with Crippen molar-refractivity contribution in [2.24, 2.45) is 7.05 Å². The number of aromatic hydroxyl groups is 1. The number of carbonyl (C=O) groups is 1. The van der Waals surface area contributed by atoms with E-state index in [0.29, 0.717) is 29.8 Å². The molecule has 0 aliphatic carbocycles. The van der Waals surface area contributed by atoms with Crippen LogP contribution < -0.4 is 27.0 Å². The average molecular weight is 465 g/mol. The molecule has 0 unspecified atom stereocenters. The summed E-state index contributed by atoms with van der Waals surface area (Å²) in [7, 11) is 1.33. The first-order chi connectivity index (χ1) is 16.0. The molecule has 2 aromatic carbocycles. The van der Waals surface area contributed by atoms with Crippen LogP contribution in [-0.4, -0.2) is 25.7 Å². The maximum atomic E-state index is 13.4. The van der Waals surface area contributed by atoms with Crippen LogP contribution >= 0.6 is 0 Å². The number of nitrogens with two attached hydrogens (primary N) is 1. The molecule has 0 radical (unpaired) electrons. The molecule has 0 fully saturated rings. The summed E-state index contributed by atoms with van der Waals surface area (Å²) >= 11 is 0. The Bertz CT molecular complexity index is 1440. The number of nitrogens with zero attached hydrogens (tertiary/aromatic N) is 2. The predicted octanol–water partition coefficient (Wildman–Crippen LogP) is 2.47. The molecule has 4 N–H and O–H groups in total. The number of amides is 1. The Morgan fingerprint density at radius 2 is 1.76 bits per heavy atom. The maximum Gasteiger partial charge on any atom is 0.337 e. The van der Waals surface area contributed by atoms with Crippen molar-refractivity contribution in [2.45, 2.75) is 46.1 Å². The highest BCUT2D eigenvalue weighted by Crippen LogP contribution is 2.43. The second kappa shape index (κ2) is 8.09. The number of phenolic OH excluding ortho intramolecular Hbond substituents is 1. The number of nitrogen functional groups attached to an aromatic ring is 1. The number of nitrogens with one attached hydrogen (secondary N) is 1. The van der Waals surface area contributed by atoms with Gasteiger partial charge in [-0.25, -0.2) is 9.36 Å². The zero-order valence-corrected chi connectivity index (χ0v) is 19.9. The van der Waals surface area contributed by atoms with Crippen LogP contribution in [0, 0.1) is 20.8 Å². The Kier molecular flexibility index (Phi) is 5.51. The highest BCUT2D eigenvalue weighted by molar-refractivity contribution is 5.99. The number of benzene rings is 2. The molecular formula is C25H28N4O5.